The molecule has 0 aliphatic carbocycles. The smallest absolute Gasteiger partial charge is 0.258 e. The number of hydrogen-bond acceptors (Lipinski definition) is 7. The van der Waals surface area contributed by atoms with Gasteiger partial charge in [0.1, 0.15) is 0 Å². The van der Waals surface area contributed by atoms with Gasteiger partial charge in [-0.1, -0.05) is 23.4 Å². The molecule has 0 bridgehead atoms. The highest BCUT2D eigenvalue weighted by Crippen LogP contribution is 2.27. The molecule has 1 aromatic carbocycles. The van der Waals surface area contributed by atoms with Gasteiger partial charge in [-0.15, -0.1) is 21.5 Å². The average Bonchev–Trinajstić information content (AvgIpc) is 3.29. The maximum atomic E-state index is 12.4. The normalized spacial score (nSPS) is 11.4. The first-order chi connectivity index (χ1) is 14.1. The van der Waals surface area contributed by atoms with E-state index in [-0.39, 0.29) is 5.56 Å². The lowest BCUT2D eigenvalue weighted by atomic mass is 10.2. The van der Waals surface area contributed by atoms with E-state index in [9.17, 15) is 4.79 Å². The van der Waals surface area contributed by atoms with Gasteiger partial charge < -0.3 is 4.74 Å². The number of halogens is 1. The minimum atomic E-state index is -0.0629. The van der Waals surface area contributed by atoms with E-state index in [2.05, 4.69) is 15.2 Å². The molecule has 0 aliphatic rings. The Bertz CT molecular complexity index is 1200. The van der Waals surface area contributed by atoms with Gasteiger partial charge in [0.25, 0.3) is 5.56 Å². The molecule has 0 amide bonds. The zero-order chi connectivity index (χ0) is 20.4. The van der Waals surface area contributed by atoms with Crippen LogP contribution in [-0.4, -0.2) is 37.9 Å². The molecule has 3 aromatic heterocycles. The molecule has 4 rings (SSSR count). The van der Waals surface area contributed by atoms with Crippen LogP contribution in [0.2, 0.25) is 5.02 Å². The van der Waals surface area contributed by atoms with Crippen molar-refractivity contribution in [1.29, 1.82) is 0 Å². The number of hydrogen-bond donors (Lipinski definition) is 0. The fourth-order valence-corrected chi connectivity index (χ4v) is 4.78. The Labute approximate surface area is 180 Å². The summed E-state index contributed by atoms with van der Waals surface area (Å²) in [4.78, 5) is 17.7. The first kappa shape index (κ1) is 20.1. The standard InChI is InChI=1S/C19H18ClN5O2S2/c1-12-10-28-18-21-15(9-16(26)25(12)18)11-29-19-23-22-17(24(19)7-8-27-2)13-3-5-14(20)6-4-13/h3-6,9-10H,7-8,11H2,1-2H3. The molecule has 0 saturated heterocycles. The number of ether oxygens (including phenoxy) is 1. The second-order valence-corrected chi connectivity index (χ2v) is 8.54. The van der Waals surface area contributed by atoms with E-state index in [1.165, 1.54) is 23.1 Å². The number of nitrogens with zero attached hydrogens (tertiary/aromatic N) is 5. The highest BCUT2D eigenvalue weighted by molar-refractivity contribution is 7.98. The Kier molecular flexibility index (Phi) is 6.00. The largest absolute Gasteiger partial charge is 0.383 e. The Hall–Kier alpha value is -2.20. The Morgan fingerprint density at radius 3 is 2.79 bits per heavy atom. The maximum Gasteiger partial charge on any atom is 0.258 e. The number of methoxy groups -OCH3 is 1. The van der Waals surface area contributed by atoms with Gasteiger partial charge in [-0.2, -0.15) is 0 Å². The van der Waals surface area contributed by atoms with Crippen LogP contribution in [0, 0.1) is 6.92 Å². The first-order valence-corrected chi connectivity index (χ1v) is 11.1. The third-order valence-corrected chi connectivity index (χ3v) is 6.51. The summed E-state index contributed by atoms with van der Waals surface area (Å²) in [5.74, 6) is 1.27. The van der Waals surface area contributed by atoms with Crippen LogP contribution in [0.5, 0.6) is 0 Å². The second kappa shape index (κ2) is 8.66. The quantitative estimate of drug-likeness (QED) is 0.400. The average molecular weight is 448 g/mol. The molecule has 0 fully saturated rings. The second-order valence-electron chi connectivity index (χ2n) is 6.33. The summed E-state index contributed by atoms with van der Waals surface area (Å²) in [6.45, 7) is 3.05. The first-order valence-electron chi connectivity index (χ1n) is 8.84. The van der Waals surface area contributed by atoms with Crippen LogP contribution in [0.4, 0.5) is 0 Å². The zero-order valence-corrected chi connectivity index (χ0v) is 18.2. The molecule has 7 nitrogen and oxygen atoms in total. The number of thiazole rings is 1. The van der Waals surface area contributed by atoms with E-state index in [4.69, 9.17) is 16.3 Å². The number of aromatic nitrogens is 5. The summed E-state index contributed by atoms with van der Waals surface area (Å²) in [6, 6.07) is 9.07. The predicted molar refractivity (Wildman–Crippen MR) is 116 cm³/mol. The van der Waals surface area contributed by atoms with Crippen molar-refractivity contribution in [3.8, 4) is 11.4 Å². The highest BCUT2D eigenvalue weighted by Gasteiger charge is 2.15. The SMILES string of the molecule is COCCn1c(SCc2cc(=O)n3c(C)csc3n2)nnc1-c1ccc(Cl)cc1. The van der Waals surface area contributed by atoms with E-state index < -0.39 is 0 Å². The molecule has 0 atom stereocenters. The van der Waals surface area contributed by atoms with Crippen molar-refractivity contribution in [2.24, 2.45) is 0 Å². The van der Waals surface area contributed by atoms with Gasteiger partial charge in [0.2, 0.25) is 0 Å². The van der Waals surface area contributed by atoms with Gasteiger partial charge in [-0.25, -0.2) is 4.98 Å². The number of aryl methyl sites for hydroxylation is 1. The lowest BCUT2D eigenvalue weighted by Gasteiger charge is -2.09. The van der Waals surface area contributed by atoms with Crippen molar-refractivity contribution in [2.45, 2.75) is 24.4 Å². The molecule has 0 aliphatic heterocycles. The minimum absolute atomic E-state index is 0.0629. The summed E-state index contributed by atoms with van der Waals surface area (Å²) in [5.41, 5.74) is 2.48. The summed E-state index contributed by atoms with van der Waals surface area (Å²) in [7, 11) is 1.66. The van der Waals surface area contributed by atoms with Crippen LogP contribution < -0.4 is 5.56 Å². The van der Waals surface area contributed by atoms with Crippen LogP contribution in [0.15, 0.2) is 45.7 Å². The van der Waals surface area contributed by atoms with E-state index in [1.54, 1.807) is 17.6 Å². The molecular formula is C19H18ClN5O2S2. The Morgan fingerprint density at radius 1 is 1.24 bits per heavy atom. The number of thioether (sulfide) groups is 1. The third kappa shape index (κ3) is 4.23. The van der Waals surface area contributed by atoms with Crippen molar-refractivity contribution < 1.29 is 4.74 Å². The number of rotatable bonds is 7. The van der Waals surface area contributed by atoms with Gasteiger partial charge in [0, 0.05) is 40.6 Å². The zero-order valence-electron chi connectivity index (χ0n) is 15.8. The summed E-state index contributed by atoms with van der Waals surface area (Å²) >= 11 is 8.96. The molecular weight excluding hydrogens is 430 g/mol. The van der Waals surface area contributed by atoms with Crippen molar-refractivity contribution in [3.05, 3.63) is 62.5 Å². The highest BCUT2D eigenvalue weighted by atomic mass is 35.5. The van der Waals surface area contributed by atoms with Crippen LogP contribution in [-0.2, 0) is 17.0 Å². The van der Waals surface area contributed by atoms with E-state index in [1.807, 2.05) is 41.1 Å². The fourth-order valence-electron chi connectivity index (χ4n) is 2.91. The van der Waals surface area contributed by atoms with Crippen LogP contribution in [0.3, 0.4) is 0 Å². The molecule has 150 valence electrons. The molecule has 0 spiro atoms. The van der Waals surface area contributed by atoms with Crippen molar-refractivity contribution in [2.75, 3.05) is 13.7 Å². The number of benzene rings is 1. The van der Waals surface area contributed by atoms with E-state index in [0.29, 0.717) is 28.9 Å². The lowest BCUT2D eigenvalue weighted by molar-refractivity contribution is 0.185. The maximum absolute atomic E-state index is 12.4. The van der Waals surface area contributed by atoms with Gasteiger partial charge in [-0.05, 0) is 31.2 Å². The molecule has 29 heavy (non-hydrogen) atoms. The van der Waals surface area contributed by atoms with E-state index >= 15 is 0 Å². The molecule has 3 heterocycles. The number of fused-ring (bicyclic) bond motifs is 1. The molecule has 4 aromatic rings. The topological polar surface area (TPSA) is 74.3 Å². The van der Waals surface area contributed by atoms with Crippen molar-refractivity contribution in [1.82, 2.24) is 24.1 Å². The van der Waals surface area contributed by atoms with Crippen LogP contribution >= 0.6 is 34.7 Å². The monoisotopic (exact) mass is 447 g/mol. The molecule has 0 saturated carbocycles. The van der Waals surface area contributed by atoms with Crippen molar-refractivity contribution in [3.63, 3.8) is 0 Å². The minimum Gasteiger partial charge on any atom is -0.383 e. The summed E-state index contributed by atoms with van der Waals surface area (Å²) in [5, 5.41) is 12.1. The molecule has 0 N–H and O–H groups in total. The summed E-state index contributed by atoms with van der Waals surface area (Å²) in [6.07, 6.45) is 0. The van der Waals surface area contributed by atoms with Crippen LogP contribution in [0.1, 0.15) is 11.4 Å². The lowest BCUT2D eigenvalue weighted by Crippen LogP contribution is -2.14. The van der Waals surface area contributed by atoms with Gasteiger partial charge in [0.15, 0.2) is 15.9 Å². The van der Waals surface area contributed by atoms with E-state index in [0.717, 1.165) is 27.9 Å². The fraction of sp³-hybridized carbons (Fsp3) is 0.263. The summed E-state index contributed by atoms with van der Waals surface area (Å²) < 4.78 is 8.88. The van der Waals surface area contributed by atoms with Gasteiger partial charge in [-0.3, -0.25) is 13.8 Å². The Balaban J connectivity index is 1.61. The predicted octanol–water partition coefficient (Wildman–Crippen LogP) is 3.92. The van der Waals surface area contributed by atoms with Crippen LogP contribution in [0.25, 0.3) is 16.3 Å². The third-order valence-electron chi connectivity index (χ3n) is 4.32. The molecule has 0 radical (unpaired) electrons. The van der Waals surface area contributed by atoms with Gasteiger partial charge >= 0.3 is 0 Å². The van der Waals surface area contributed by atoms with Gasteiger partial charge in [0.05, 0.1) is 18.8 Å². The Morgan fingerprint density at radius 2 is 2.03 bits per heavy atom. The molecule has 0 unspecified atom stereocenters. The molecule has 10 heteroatoms. The van der Waals surface area contributed by atoms with Crippen molar-refractivity contribution >= 4 is 39.7 Å².